The predicted molar refractivity (Wildman–Crippen MR) is 545 cm³/mol. The highest BCUT2D eigenvalue weighted by Crippen LogP contribution is 2.37. The topological polar surface area (TPSA) is 578 Å². The third-order valence-electron chi connectivity index (χ3n) is 26.9. The number of unbranched alkanes of at least 4 members (excludes halogenated alkanes) is 13. The minimum absolute atomic E-state index is 0.0199. The highest BCUT2D eigenvalue weighted by molar-refractivity contribution is 6.00. The van der Waals surface area contributed by atoms with Crippen molar-refractivity contribution >= 4 is 101 Å². The molecule has 1 aromatic rings. The van der Waals surface area contributed by atoms with Crippen LogP contribution in [0.5, 0.6) is 5.75 Å². The maximum absolute atomic E-state index is 14.3. The number of hydrogen-bond acceptors (Lipinski definition) is 29. The molecule has 0 bridgehead atoms. The van der Waals surface area contributed by atoms with Crippen LogP contribution in [-0.4, -0.2) is 289 Å². The minimum atomic E-state index is -1.08. The van der Waals surface area contributed by atoms with Gasteiger partial charge in [0.05, 0.1) is 55.1 Å². The SMILES string of the molecule is CCC1OC(OCCCCC(=O)N[C@@H](CCCCNC(=O)CCCCOC2OC(CC)C(OC(C)=O)C(C)C2NC(C)=O)C(=O)NCCNC(=O)c2cc(OCCNC(=O)CCCCCCCCCCC(=O)O)cc(C(=O)NCCNC(=O)[C@H](CCCCNC(=O)CCCCOC3OC(CC)C(OC(C)=O)C(C)C3NC(C)=O)NC(=O)CCCCOC3OC(CC)C(OC(C)=O)C(C)C3NC(C)=O)c2)C(NC(C)=O)C(C)C1C. The van der Waals surface area contributed by atoms with Crippen LogP contribution in [0.2, 0.25) is 0 Å². The lowest BCUT2D eigenvalue weighted by Gasteiger charge is -2.44. The molecule has 0 spiro atoms. The Balaban J connectivity index is 1.25. The van der Waals surface area contributed by atoms with E-state index in [2.05, 4.69) is 83.0 Å². The molecule has 148 heavy (non-hydrogen) atoms. The van der Waals surface area contributed by atoms with E-state index >= 15 is 0 Å². The molecule has 4 aliphatic heterocycles. The summed E-state index contributed by atoms with van der Waals surface area (Å²) in [5.74, 6) is -8.12. The smallest absolute Gasteiger partial charge is 0.303 e. The molecule has 20 unspecified atom stereocenters. The summed E-state index contributed by atoms with van der Waals surface area (Å²) in [5.41, 5.74) is -0.0641. The maximum Gasteiger partial charge on any atom is 0.303 e. The van der Waals surface area contributed by atoms with Gasteiger partial charge in [-0.2, -0.15) is 0 Å². The highest BCUT2D eigenvalue weighted by atomic mass is 16.7. The lowest BCUT2D eigenvalue weighted by Crippen LogP contribution is -2.61. The van der Waals surface area contributed by atoms with Gasteiger partial charge < -0.3 is 131 Å². The van der Waals surface area contributed by atoms with Crippen molar-refractivity contribution in [1.29, 1.82) is 0 Å². The molecular weight excluding hydrogens is 1920 g/mol. The monoisotopic (exact) mass is 2100 g/mol. The van der Waals surface area contributed by atoms with Gasteiger partial charge in [-0.05, 0) is 158 Å². The zero-order valence-electron chi connectivity index (χ0n) is 90.3. The molecule has 22 atom stereocenters. The van der Waals surface area contributed by atoms with Crippen LogP contribution in [0.4, 0.5) is 0 Å². The molecular formula is C105H175N13O30. The summed E-state index contributed by atoms with van der Waals surface area (Å²) in [4.78, 5) is 220. The summed E-state index contributed by atoms with van der Waals surface area (Å²) in [6, 6.07) is -0.241. The quantitative estimate of drug-likeness (QED) is 0.0169. The second-order valence-electron chi connectivity index (χ2n) is 39.2. The fraction of sp³-hybridized carbons (Fsp3) is 0.781. The average Bonchev–Trinajstić information content (AvgIpc) is 0.805. The van der Waals surface area contributed by atoms with Crippen molar-refractivity contribution in [3.8, 4) is 5.75 Å². The summed E-state index contributed by atoms with van der Waals surface area (Å²) < 4.78 is 72.4. The van der Waals surface area contributed by atoms with Crippen LogP contribution in [0, 0.1) is 29.6 Å². The van der Waals surface area contributed by atoms with Gasteiger partial charge in [0.1, 0.15) is 42.8 Å². The van der Waals surface area contributed by atoms with E-state index in [0.29, 0.717) is 109 Å². The normalized spacial score (nSPS) is 23.9. The van der Waals surface area contributed by atoms with E-state index in [1.54, 1.807) is 0 Å². The molecule has 43 nitrogen and oxygen atoms in total. The first kappa shape index (κ1) is 128. The Morgan fingerprint density at radius 3 is 0.912 bits per heavy atom. The number of carboxylic acid groups (broad SMARTS) is 1. The number of esters is 3. The molecule has 13 amide bonds. The number of rotatable bonds is 72. The molecule has 43 heteroatoms. The summed E-state index contributed by atoms with van der Waals surface area (Å²) in [6.07, 6.45) is 8.55. The Morgan fingerprint density at radius 2 is 0.595 bits per heavy atom. The van der Waals surface area contributed by atoms with Crippen molar-refractivity contribution in [2.45, 2.75) is 420 Å². The zero-order chi connectivity index (χ0) is 109. The zero-order valence-corrected chi connectivity index (χ0v) is 90.3. The minimum Gasteiger partial charge on any atom is -0.492 e. The van der Waals surface area contributed by atoms with Gasteiger partial charge in [-0.1, -0.05) is 101 Å². The van der Waals surface area contributed by atoms with Gasteiger partial charge in [-0.3, -0.25) is 81.5 Å². The van der Waals surface area contributed by atoms with Gasteiger partial charge in [0.2, 0.25) is 65.0 Å². The third kappa shape index (κ3) is 49.2. The van der Waals surface area contributed by atoms with Crippen LogP contribution in [0.3, 0.4) is 0 Å². The molecule has 4 fully saturated rings. The number of benzene rings is 1. The highest BCUT2D eigenvalue weighted by Gasteiger charge is 2.50. The molecule has 1 aromatic carbocycles. The third-order valence-corrected chi connectivity index (χ3v) is 26.9. The van der Waals surface area contributed by atoms with E-state index in [0.717, 1.165) is 44.9 Å². The van der Waals surface area contributed by atoms with E-state index in [1.807, 2.05) is 48.5 Å². The Hall–Kier alpha value is -10.3. The number of hydrogen-bond donors (Lipinski definition) is 14. The summed E-state index contributed by atoms with van der Waals surface area (Å²) in [5, 5.41) is 46.2. The number of carboxylic acids is 1. The van der Waals surface area contributed by atoms with E-state index in [9.17, 15) is 81.5 Å². The van der Waals surface area contributed by atoms with Crippen molar-refractivity contribution < 1.29 is 143 Å². The molecule has 5 rings (SSSR count). The number of nitrogens with one attached hydrogen (secondary N) is 13. The first-order valence-corrected chi connectivity index (χ1v) is 53.9. The van der Waals surface area contributed by atoms with Crippen molar-refractivity contribution in [2.24, 2.45) is 29.6 Å². The molecule has 0 aliphatic carbocycles. The van der Waals surface area contributed by atoms with E-state index < -0.39 is 151 Å². The molecule has 0 radical (unpaired) electrons. The fourth-order valence-corrected chi connectivity index (χ4v) is 18.7. The van der Waals surface area contributed by atoms with E-state index in [-0.39, 0.29) is 230 Å². The first-order valence-electron chi connectivity index (χ1n) is 53.9. The number of aliphatic carboxylic acids is 1. The van der Waals surface area contributed by atoms with Crippen LogP contribution < -0.4 is 73.9 Å². The van der Waals surface area contributed by atoms with Gasteiger partial charge >= 0.3 is 23.9 Å². The average molecular weight is 2100 g/mol. The van der Waals surface area contributed by atoms with Crippen molar-refractivity contribution in [3.05, 3.63) is 29.3 Å². The largest absolute Gasteiger partial charge is 0.492 e. The van der Waals surface area contributed by atoms with Crippen molar-refractivity contribution in [2.75, 3.05) is 78.8 Å². The van der Waals surface area contributed by atoms with Gasteiger partial charge in [-0.15, -0.1) is 0 Å². The molecule has 4 saturated heterocycles. The number of amides is 13. The number of carbonyl (C=O) groups is 17. The van der Waals surface area contributed by atoms with E-state index in [1.165, 1.54) is 66.7 Å². The Morgan fingerprint density at radius 1 is 0.304 bits per heavy atom. The fourth-order valence-electron chi connectivity index (χ4n) is 18.7. The van der Waals surface area contributed by atoms with Crippen LogP contribution in [-0.2, 0) is 124 Å². The molecule has 0 aromatic heterocycles. The summed E-state index contributed by atoms with van der Waals surface area (Å²) in [6.45, 7) is 27.6. The van der Waals surface area contributed by atoms with Gasteiger partial charge in [0.25, 0.3) is 11.8 Å². The standard InChI is InChI=1S/C105H175N13O30/c1-17-81-64(5)65(6)91(113-69(10)119)102(145-81)138-58-39-33-46-88(129)117-79(41-29-35-49-106-85(126)44-31-37-56-139-103-92(114-70(11)120)66(7)95(142-73(14)123)82(18-2)146-103)100(135)111-53-51-109-98(133)76-61-77(63-78(62-76)137-60-55-108-87(128)43-27-25-23-21-22-24-26-28-48-90(131)132)99(134)110-52-54-112-101(136)80(118-89(130)47-34-40-59-141-105-94(116-72(13)122)68(9)97(144-75(16)125)84(20-4)148-105)42-30-36-50-107-86(127)45-32-38-57-140-104-93(115-71(12)121)67(8)96(143-74(15)124)83(19-3)147-104/h61-68,79-84,91-97,102-105H,17-60H2,1-16H3,(H,106,126)(H,107,127)(H,108,128)(H,109,133)(H,110,134)(H,111,135)(H,112,136)(H,113,119)(H,114,120)(H,115,121)(H,116,122)(H,117,129)(H,118,130)(H,131,132)/t64?,65?,66?,67?,68?,79-,80-,81?,82?,83?,84?,91?,92?,93?,94?,95?,96?,97?,102?,103?,104?,105?/m0/s1. The Labute approximate surface area is 873 Å². The Kier molecular flexibility index (Phi) is 61.9. The van der Waals surface area contributed by atoms with Gasteiger partial charge in [0, 0.05) is 182 Å². The lowest BCUT2D eigenvalue weighted by atomic mass is 9.81. The lowest BCUT2D eigenvalue weighted by molar-refractivity contribution is -0.256. The molecule has 840 valence electrons. The van der Waals surface area contributed by atoms with Gasteiger partial charge in [-0.25, -0.2) is 0 Å². The van der Waals surface area contributed by atoms with Gasteiger partial charge in [0.15, 0.2) is 25.2 Å². The first-order chi connectivity index (χ1) is 70.7. The number of ether oxygens (including phenoxy) is 12. The van der Waals surface area contributed by atoms with Crippen molar-refractivity contribution in [1.82, 2.24) is 69.1 Å². The predicted octanol–water partition coefficient (Wildman–Crippen LogP) is 7.68. The van der Waals surface area contributed by atoms with Crippen LogP contribution in [0.25, 0.3) is 0 Å². The molecule has 4 aliphatic rings. The maximum atomic E-state index is 14.3. The summed E-state index contributed by atoms with van der Waals surface area (Å²) >= 11 is 0. The van der Waals surface area contributed by atoms with Crippen LogP contribution in [0.15, 0.2) is 18.2 Å². The second-order valence-corrected chi connectivity index (χ2v) is 39.2. The Bertz CT molecular complexity index is 4260. The van der Waals surface area contributed by atoms with Crippen LogP contribution >= 0.6 is 0 Å². The van der Waals surface area contributed by atoms with Crippen LogP contribution in [0.1, 0.15) is 337 Å². The van der Waals surface area contributed by atoms with Crippen molar-refractivity contribution in [3.63, 3.8) is 0 Å². The molecule has 14 N–H and O–H groups in total. The van der Waals surface area contributed by atoms with E-state index in [4.69, 9.17) is 61.9 Å². The molecule has 4 heterocycles. The molecule has 0 saturated carbocycles. The second kappa shape index (κ2) is 71.4. The number of carbonyl (C=O) groups excluding carboxylic acids is 16. The summed E-state index contributed by atoms with van der Waals surface area (Å²) in [7, 11) is 0.